The first-order chi connectivity index (χ1) is 7.56. The van der Waals surface area contributed by atoms with E-state index in [1.807, 2.05) is 0 Å². The Morgan fingerprint density at radius 1 is 1.44 bits per heavy atom. The van der Waals surface area contributed by atoms with Gasteiger partial charge >= 0.3 is 7.12 Å². The molecule has 1 saturated heterocycles. The number of hydrogen-bond acceptors (Lipinski definition) is 3. The summed E-state index contributed by atoms with van der Waals surface area (Å²) in [6.07, 6.45) is 0. The summed E-state index contributed by atoms with van der Waals surface area (Å²) in [5.41, 5.74) is 1.04. The average molecular weight is 223 g/mol. The standard InChI is InChI=1S/C11H15BFNO2/c1-8-5-14(6-8)7-9-2-3-10(13)4-11(9)12(15)16/h2-4,8,15-16H,5-7H2,1H3. The van der Waals surface area contributed by atoms with E-state index in [1.165, 1.54) is 12.1 Å². The van der Waals surface area contributed by atoms with Crippen LogP contribution >= 0.6 is 0 Å². The van der Waals surface area contributed by atoms with Crippen molar-refractivity contribution >= 4 is 12.6 Å². The van der Waals surface area contributed by atoms with E-state index in [4.69, 9.17) is 10.0 Å². The Kier molecular flexibility index (Phi) is 3.28. The van der Waals surface area contributed by atoms with Gasteiger partial charge in [0.2, 0.25) is 0 Å². The molecule has 0 aliphatic carbocycles. The van der Waals surface area contributed by atoms with Crippen molar-refractivity contribution in [3.8, 4) is 0 Å². The molecule has 86 valence electrons. The maximum atomic E-state index is 13.0. The zero-order valence-electron chi connectivity index (χ0n) is 9.23. The summed E-state index contributed by atoms with van der Waals surface area (Å²) < 4.78 is 13.0. The fraction of sp³-hybridized carbons (Fsp3) is 0.455. The van der Waals surface area contributed by atoms with E-state index < -0.39 is 12.9 Å². The van der Waals surface area contributed by atoms with Crippen LogP contribution in [0.1, 0.15) is 12.5 Å². The molecule has 0 atom stereocenters. The molecule has 5 heteroatoms. The van der Waals surface area contributed by atoms with E-state index >= 15 is 0 Å². The van der Waals surface area contributed by atoms with E-state index in [9.17, 15) is 4.39 Å². The first-order valence-corrected chi connectivity index (χ1v) is 5.43. The predicted molar refractivity (Wildman–Crippen MR) is 60.7 cm³/mol. The van der Waals surface area contributed by atoms with Crippen LogP contribution in [0.25, 0.3) is 0 Å². The molecule has 2 rings (SSSR count). The number of benzene rings is 1. The Hall–Kier alpha value is -0.905. The minimum Gasteiger partial charge on any atom is -0.423 e. The summed E-state index contributed by atoms with van der Waals surface area (Å²) >= 11 is 0. The van der Waals surface area contributed by atoms with Crippen molar-refractivity contribution in [1.29, 1.82) is 0 Å². The smallest absolute Gasteiger partial charge is 0.423 e. The highest BCUT2D eigenvalue weighted by Crippen LogP contribution is 2.17. The van der Waals surface area contributed by atoms with Crippen LogP contribution in [0, 0.1) is 11.7 Å². The van der Waals surface area contributed by atoms with Gasteiger partial charge in [-0.3, -0.25) is 4.90 Å². The van der Waals surface area contributed by atoms with Crippen LogP contribution < -0.4 is 5.46 Å². The lowest BCUT2D eigenvalue weighted by molar-refractivity contribution is 0.105. The highest BCUT2D eigenvalue weighted by molar-refractivity contribution is 6.59. The van der Waals surface area contributed by atoms with E-state index in [0.29, 0.717) is 12.5 Å². The van der Waals surface area contributed by atoms with Crippen LogP contribution in [0.3, 0.4) is 0 Å². The van der Waals surface area contributed by atoms with Crippen LogP contribution in [-0.4, -0.2) is 35.2 Å². The molecule has 0 spiro atoms. The quantitative estimate of drug-likeness (QED) is 0.706. The maximum Gasteiger partial charge on any atom is 0.488 e. The second-order valence-corrected chi connectivity index (χ2v) is 4.52. The number of nitrogens with zero attached hydrogens (tertiary/aromatic N) is 1. The van der Waals surface area contributed by atoms with Crippen LogP contribution in [0.2, 0.25) is 0 Å². The third kappa shape index (κ3) is 2.43. The maximum absolute atomic E-state index is 13.0. The molecule has 0 bridgehead atoms. The molecule has 3 nitrogen and oxygen atoms in total. The van der Waals surface area contributed by atoms with Gasteiger partial charge in [-0.05, 0) is 29.1 Å². The van der Waals surface area contributed by atoms with Gasteiger partial charge in [0.1, 0.15) is 5.82 Å². The van der Waals surface area contributed by atoms with Crippen molar-refractivity contribution in [3.63, 3.8) is 0 Å². The molecule has 0 amide bonds. The van der Waals surface area contributed by atoms with Crippen molar-refractivity contribution in [2.75, 3.05) is 13.1 Å². The fourth-order valence-electron chi connectivity index (χ4n) is 2.15. The second kappa shape index (κ2) is 4.53. The topological polar surface area (TPSA) is 43.7 Å². The van der Waals surface area contributed by atoms with E-state index in [-0.39, 0.29) is 5.46 Å². The zero-order valence-corrected chi connectivity index (χ0v) is 9.23. The Morgan fingerprint density at radius 2 is 2.12 bits per heavy atom. The van der Waals surface area contributed by atoms with Gasteiger partial charge in [-0.25, -0.2) is 4.39 Å². The molecule has 1 aliphatic heterocycles. The molecule has 1 aromatic carbocycles. The molecule has 16 heavy (non-hydrogen) atoms. The molecule has 1 aliphatic rings. The largest absolute Gasteiger partial charge is 0.488 e. The van der Waals surface area contributed by atoms with E-state index in [1.54, 1.807) is 6.07 Å². The van der Waals surface area contributed by atoms with Gasteiger partial charge in [-0.15, -0.1) is 0 Å². The summed E-state index contributed by atoms with van der Waals surface area (Å²) in [5, 5.41) is 18.3. The van der Waals surface area contributed by atoms with Gasteiger partial charge in [0.05, 0.1) is 0 Å². The second-order valence-electron chi connectivity index (χ2n) is 4.52. The zero-order chi connectivity index (χ0) is 11.7. The fourth-order valence-corrected chi connectivity index (χ4v) is 2.15. The van der Waals surface area contributed by atoms with Crippen molar-refractivity contribution in [1.82, 2.24) is 4.90 Å². The molecule has 0 unspecified atom stereocenters. The molecular weight excluding hydrogens is 208 g/mol. The minimum atomic E-state index is -1.61. The van der Waals surface area contributed by atoms with Gasteiger partial charge in [0, 0.05) is 19.6 Å². The van der Waals surface area contributed by atoms with Crippen LogP contribution in [0.15, 0.2) is 18.2 Å². The van der Waals surface area contributed by atoms with Crippen molar-refractivity contribution < 1.29 is 14.4 Å². The molecule has 0 saturated carbocycles. The molecule has 2 N–H and O–H groups in total. The normalized spacial score (nSPS) is 17.2. The van der Waals surface area contributed by atoms with Crippen molar-refractivity contribution in [2.24, 2.45) is 5.92 Å². The molecular formula is C11H15BFNO2. The Bertz CT molecular complexity index is 380. The summed E-state index contributed by atoms with van der Waals surface area (Å²) in [7, 11) is -1.61. The summed E-state index contributed by atoms with van der Waals surface area (Å²) in [6.45, 7) is 4.84. The third-order valence-electron chi connectivity index (χ3n) is 2.92. The highest BCUT2D eigenvalue weighted by atomic mass is 19.1. The summed E-state index contributed by atoms with van der Waals surface area (Å²) in [4.78, 5) is 2.20. The average Bonchev–Trinajstić information content (AvgIpc) is 2.17. The Morgan fingerprint density at radius 3 is 2.69 bits per heavy atom. The van der Waals surface area contributed by atoms with E-state index in [2.05, 4.69) is 11.8 Å². The van der Waals surface area contributed by atoms with Gasteiger partial charge in [-0.1, -0.05) is 13.0 Å². The van der Waals surface area contributed by atoms with Gasteiger partial charge in [0.25, 0.3) is 0 Å². The minimum absolute atomic E-state index is 0.263. The number of halogens is 1. The van der Waals surface area contributed by atoms with E-state index in [0.717, 1.165) is 18.7 Å². The summed E-state index contributed by atoms with van der Waals surface area (Å²) in [6, 6.07) is 4.15. The Labute approximate surface area is 94.7 Å². The first-order valence-electron chi connectivity index (χ1n) is 5.43. The van der Waals surface area contributed by atoms with Gasteiger partial charge in [0.15, 0.2) is 0 Å². The number of rotatable bonds is 3. The molecule has 1 fully saturated rings. The molecule has 1 aromatic rings. The lowest BCUT2D eigenvalue weighted by atomic mass is 9.76. The lowest BCUT2D eigenvalue weighted by Crippen LogP contribution is -2.46. The van der Waals surface area contributed by atoms with Gasteiger partial charge < -0.3 is 10.0 Å². The van der Waals surface area contributed by atoms with Gasteiger partial charge in [-0.2, -0.15) is 0 Å². The molecule has 1 heterocycles. The van der Waals surface area contributed by atoms with Crippen molar-refractivity contribution in [3.05, 3.63) is 29.6 Å². The molecule has 0 aromatic heterocycles. The predicted octanol–water partition coefficient (Wildman–Crippen LogP) is -0.0428. The Balaban J connectivity index is 2.13. The highest BCUT2D eigenvalue weighted by Gasteiger charge is 2.25. The first kappa shape index (κ1) is 11.6. The van der Waals surface area contributed by atoms with Crippen LogP contribution in [0.4, 0.5) is 4.39 Å². The summed E-state index contributed by atoms with van der Waals surface area (Å²) in [5.74, 6) is 0.256. The van der Waals surface area contributed by atoms with Crippen molar-refractivity contribution in [2.45, 2.75) is 13.5 Å². The van der Waals surface area contributed by atoms with Crippen LogP contribution in [-0.2, 0) is 6.54 Å². The third-order valence-corrected chi connectivity index (χ3v) is 2.92. The van der Waals surface area contributed by atoms with Crippen LogP contribution in [0.5, 0.6) is 0 Å². The monoisotopic (exact) mass is 223 g/mol. The lowest BCUT2D eigenvalue weighted by Gasteiger charge is -2.37. The number of likely N-dealkylation sites (tertiary alicyclic amines) is 1. The number of hydrogen-bond donors (Lipinski definition) is 2. The molecule has 0 radical (unpaired) electrons. The SMILES string of the molecule is CC1CN(Cc2ccc(F)cc2B(O)O)C1.